The normalized spacial score (nSPS) is 20.2. The van der Waals surface area contributed by atoms with Crippen LogP contribution in [0.2, 0.25) is 0 Å². The zero-order valence-corrected chi connectivity index (χ0v) is 8.56. The predicted molar refractivity (Wildman–Crippen MR) is 52.6 cm³/mol. The molecule has 0 saturated heterocycles. The third-order valence-electron chi connectivity index (χ3n) is 2.77. The van der Waals surface area contributed by atoms with E-state index < -0.39 is 5.60 Å². The molecule has 1 fully saturated rings. The lowest BCUT2D eigenvalue weighted by Gasteiger charge is -2.25. The molecule has 1 aliphatic rings. The third-order valence-corrected chi connectivity index (χ3v) is 2.77. The van der Waals surface area contributed by atoms with E-state index in [1.807, 2.05) is 6.92 Å². The Morgan fingerprint density at radius 1 is 1.46 bits per heavy atom. The summed E-state index contributed by atoms with van der Waals surface area (Å²) >= 11 is 0. The van der Waals surface area contributed by atoms with Gasteiger partial charge < -0.3 is 4.74 Å². The van der Waals surface area contributed by atoms with Crippen molar-refractivity contribution in [3.63, 3.8) is 0 Å². The van der Waals surface area contributed by atoms with Gasteiger partial charge in [0.15, 0.2) is 5.78 Å². The first-order chi connectivity index (χ1) is 6.10. The Labute approximate surface area is 80.0 Å². The molecule has 0 radical (unpaired) electrons. The van der Waals surface area contributed by atoms with Crippen LogP contribution in [-0.2, 0) is 9.53 Å². The lowest BCUT2D eigenvalue weighted by Crippen LogP contribution is -2.37. The molecule has 1 aliphatic carbocycles. The smallest absolute Gasteiger partial charge is 0.168 e. The zero-order valence-electron chi connectivity index (χ0n) is 8.56. The van der Waals surface area contributed by atoms with Crippen LogP contribution in [0.15, 0.2) is 12.2 Å². The first-order valence-corrected chi connectivity index (χ1v) is 4.83. The van der Waals surface area contributed by atoms with Gasteiger partial charge in [-0.25, -0.2) is 0 Å². The molecule has 0 heterocycles. The summed E-state index contributed by atoms with van der Waals surface area (Å²) in [4.78, 5) is 11.8. The molecule has 0 aromatic carbocycles. The quantitative estimate of drug-likeness (QED) is 0.624. The van der Waals surface area contributed by atoms with Gasteiger partial charge in [0.2, 0.25) is 0 Å². The van der Waals surface area contributed by atoms with E-state index in [1.165, 1.54) is 0 Å². The van der Waals surface area contributed by atoms with Gasteiger partial charge in [-0.2, -0.15) is 0 Å². The second-order valence-corrected chi connectivity index (χ2v) is 3.96. The summed E-state index contributed by atoms with van der Waals surface area (Å²) in [7, 11) is 1.64. The fraction of sp³-hybridized carbons (Fsp3) is 0.727. The van der Waals surface area contributed by atoms with Gasteiger partial charge in [0.05, 0.1) is 0 Å². The molecule has 0 aliphatic heterocycles. The standard InChI is InChI=1S/C11H18O2/c1-9(2)8-10(12)11(13-3)6-4-5-7-11/h1,4-8H2,2-3H3. The summed E-state index contributed by atoms with van der Waals surface area (Å²) in [6.07, 6.45) is 4.45. The molecule has 0 atom stereocenters. The van der Waals surface area contributed by atoms with Gasteiger partial charge >= 0.3 is 0 Å². The van der Waals surface area contributed by atoms with Crippen LogP contribution in [0.5, 0.6) is 0 Å². The maximum atomic E-state index is 11.8. The highest BCUT2D eigenvalue weighted by Gasteiger charge is 2.40. The highest BCUT2D eigenvalue weighted by Crippen LogP contribution is 2.34. The molecule has 0 unspecified atom stereocenters. The van der Waals surface area contributed by atoms with E-state index in [2.05, 4.69) is 6.58 Å². The molecule has 74 valence electrons. The van der Waals surface area contributed by atoms with Crippen LogP contribution >= 0.6 is 0 Å². The second-order valence-electron chi connectivity index (χ2n) is 3.96. The van der Waals surface area contributed by atoms with Crippen molar-refractivity contribution < 1.29 is 9.53 Å². The molecule has 1 rings (SSSR count). The van der Waals surface area contributed by atoms with Crippen molar-refractivity contribution in [1.82, 2.24) is 0 Å². The van der Waals surface area contributed by atoms with Crippen molar-refractivity contribution in [2.75, 3.05) is 7.11 Å². The average molecular weight is 182 g/mol. The Kier molecular flexibility index (Phi) is 3.26. The molecule has 1 saturated carbocycles. The van der Waals surface area contributed by atoms with Crippen LogP contribution in [-0.4, -0.2) is 18.5 Å². The van der Waals surface area contributed by atoms with Crippen LogP contribution in [0.4, 0.5) is 0 Å². The van der Waals surface area contributed by atoms with E-state index >= 15 is 0 Å². The van der Waals surface area contributed by atoms with Gasteiger partial charge in [-0.1, -0.05) is 12.2 Å². The molecule has 0 aromatic heterocycles. The predicted octanol–water partition coefficient (Wildman–Crippen LogP) is 2.48. The van der Waals surface area contributed by atoms with Gasteiger partial charge in [0.25, 0.3) is 0 Å². The van der Waals surface area contributed by atoms with Crippen molar-refractivity contribution in [1.29, 1.82) is 0 Å². The minimum atomic E-state index is -0.473. The molecule has 0 aromatic rings. The number of hydrogen-bond donors (Lipinski definition) is 0. The Bertz CT molecular complexity index is 212. The Morgan fingerprint density at radius 2 is 2.00 bits per heavy atom. The van der Waals surface area contributed by atoms with Crippen LogP contribution in [0.1, 0.15) is 39.0 Å². The van der Waals surface area contributed by atoms with Gasteiger partial charge in [0, 0.05) is 13.5 Å². The molecule has 0 N–H and O–H groups in total. The average Bonchev–Trinajstić information content (AvgIpc) is 2.51. The fourth-order valence-electron chi connectivity index (χ4n) is 1.98. The molecule has 2 heteroatoms. The molecule has 0 bridgehead atoms. The Morgan fingerprint density at radius 3 is 2.38 bits per heavy atom. The lowest BCUT2D eigenvalue weighted by atomic mass is 9.92. The third kappa shape index (κ3) is 2.19. The number of allylic oxidation sites excluding steroid dienone is 1. The molecule has 13 heavy (non-hydrogen) atoms. The van der Waals surface area contributed by atoms with Crippen molar-refractivity contribution in [3.05, 3.63) is 12.2 Å². The minimum absolute atomic E-state index is 0.208. The van der Waals surface area contributed by atoms with E-state index in [4.69, 9.17) is 4.74 Å². The van der Waals surface area contributed by atoms with Gasteiger partial charge in [0.1, 0.15) is 5.60 Å². The van der Waals surface area contributed by atoms with E-state index in [0.717, 1.165) is 31.3 Å². The zero-order chi connectivity index (χ0) is 9.90. The first-order valence-electron chi connectivity index (χ1n) is 4.83. The molecule has 0 spiro atoms. The van der Waals surface area contributed by atoms with E-state index in [0.29, 0.717) is 6.42 Å². The number of ether oxygens (including phenoxy) is 1. The van der Waals surface area contributed by atoms with Crippen molar-refractivity contribution in [2.24, 2.45) is 0 Å². The van der Waals surface area contributed by atoms with Crippen molar-refractivity contribution in [2.45, 2.75) is 44.6 Å². The Hall–Kier alpha value is -0.630. The maximum absolute atomic E-state index is 11.8. The van der Waals surface area contributed by atoms with E-state index in [-0.39, 0.29) is 5.78 Å². The van der Waals surface area contributed by atoms with Crippen LogP contribution < -0.4 is 0 Å². The summed E-state index contributed by atoms with van der Waals surface area (Å²) in [6.45, 7) is 5.64. The molecular weight excluding hydrogens is 164 g/mol. The number of Topliss-reactive ketones (excluding diaryl/α,β-unsaturated/α-hetero) is 1. The molecule has 2 nitrogen and oxygen atoms in total. The first kappa shape index (κ1) is 10.5. The summed E-state index contributed by atoms with van der Waals surface area (Å²) in [5, 5.41) is 0. The van der Waals surface area contributed by atoms with Crippen LogP contribution in [0, 0.1) is 0 Å². The summed E-state index contributed by atoms with van der Waals surface area (Å²) in [5.74, 6) is 0.208. The van der Waals surface area contributed by atoms with Gasteiger partial charge in [-0.15, -0.1) is 0 Å². The van der Waals surface area contributed by atoms with Gasteiger partial charge in [-0.3, -0.25) is 4.79 Å². The monoisotopic (exact) mass is 182 g/mol. The number of ketones is 1. The molecular formula is C11H18O2. The fourth-order valence-corrected chi connectivity index (χ4v) is 1.98. The van der Waals surface area contributed by atoms with Crippen LogP contribution in [0.25, 0.3) is 0 Å². The SMILES string of the molecule is C=C(C)CC(=O)C1(OC)CCCC1. The summed E-state index contributed by atoms with van der Waals surface area (Å²) in [5.41, 5.74) is 0.451. The summed E-state index contributed by atoms with van der Waals surface area (Å²) < 4.78 is 5.37. The second kappa shape index (κ2) is 4.05. The largest absolute Gasteiger partial charge is 0.370 e. The number of rotatable bonds is 4. The Balaban J connectivity index is 2.65. The van der Waals surface area contributed by atoms with Crippen molar-refractivity contribution in [3.8, 4) is 0 Å². The topological polar surface area (TPSA) is 26.3 Å². The van der Waals surface area contributed by atoms with Crippen molar-refractivity contribution >= 4 is 5.78 Å². The number of carbonyl (C=O) groups is 1. The maximum Gasteiger partial charge on any atom is 0.168 e. The van der Waals surface area contributed by atoms with Gasteiger partial charge in [-0.05, 0) is 32.6 Å². The number of methoxy groups -OCH3 is 1. The highest BCUT2D eigenvalue weighted by molar-refractivity contribution is 5.89. The highest BCUT2D eigenvalue weighted by atomic mass is 16.5. The minimum Gasteiger partial charge on any atom is -0.370 e. The number of carbonyl (C=O) groups excluding carboxylic acids is 1. The van der Waals surface area contributed by atoms with E-state index in [9.17, 15) is 4.79 Å². The summed E-state index contributed by atoms with van der Waals surface area (Å²) in [6, 6.07) is 0. The number of hydrogen-bond acceptors (Lipinski definition) is 2. The van der Waals surface area contributed by atoms with Crippen LogP contribution in [0.3, 0.4) is 0 Å². The van der Waals surface area contributed by atoms with E-state index in [1.54, 1.807) is 7.11 Å². The molecule has 0 amide bonds. The lowest BCUT2D eigenvalue weighted by molar-refractivity contribution is -0.139.